The van der Waals surface area contributed by atoms with Crippen molar-refractivity contribution in [3.05, 3.63) is 66.6 Å². The van der Waals surface area contributed by atoms with E-state index in [0.29, 0.717) is 20.1 Å². The van der Waals surface area contributed by atoms with Crippen molar-refractivity contribution in [1.82, 2.24) is 0 Å². The standard InChI is InChI=1S/C19H18Br2O4/c1-9-5-11(7-13(20)15(9)17(22)23)19(3,4)12-6-10(2)16(18(24)25)14(21)8-12/h5-8H,1-4H3,(H,22,23)(H,24,25). The number of aromatic carboxylic acids is 2. The van der Waals surface area contributed by atoms with Crippen LogP contribution in [-0.2, 0) is 5.41 Å². The molecule has 6 heteroatoms. The quantitative estimate of drug-likeness (QED) is 0.615. The van der Waals surface area contributed by atoms with Gasteiger partial charge >= 0.3 is 11.9 Å². The van der Waals surface area contributed by atoms with Crippen molar-refractivity contribution in [3.8, 4) is 0 Å². The predicted octanol–water partition coefficient (Wildman–Crippen LogP) is 5.55. The summed E-state index contributed by atoms with van der Waals surface area (Å²) in [6.45, 7) is 7.58. The van der Waals surface area contributed by atoms with Gasteiger partial charge in [-0.15, -0.1) is 0 Å². The fourth-order valence-corrected chi connectivity index (χ4v) is 4.38. The van der Waals surface area contributed by atoms with E-state index in [4.69, 9.17) is 0 Å². The van der Waals surface area contributed by atoms with Crippen LogP contribution in [0.4, 0.5) is 0 Å². The lowest BCUT2D eigenvalue weighted by atomic mass is 9.76. The van der Waals surface area contributed by atoms with Crippen LogP contribution in [0.1, 0.15) is 56.8 Å². The van der Waals surface area contributed by atoms with Crippen LogP contribution in [0.25, 0.3) is 0 Å². The molecule has 0 spiro atoms. The van der Waals surface area contributed by atoms with E-state index >= 15 is 0 Å². The number of halogens is 2. The molecule has 132 valence electrons. The topological polar surface area (TPSA) is 74.6 Å². The molecule has 0 atom stereocenters. The van der Waals surface area contributed by atoms with Crippen molar-refractivity contribution < 1.29 is 19.8 Å². The molecule has 25 heavy (non-hydrogen) atoms. The molecule has 0 unspecified atom stereocenters. The molecule has 0 saturated carbocycles. The number of rotatable bonds is 4. The largest absolute Gasteiger partial charge is 0.478 e. The van der Waals surface area contributed by atoms with Crippen LogP contribution in [-0.4, -0.2) is 22.2 Å². The minimum atomic E-state index is -0.974. The second-order valence-corrected chi connectivity index (χ2v) is 8.24. The van der Waals surface area contributed by atoms with Crippen LogP contribution in [0, 0.1) is 13.8 Å². The molecule has 2 rings (SSSR count). The zero-order valence-electron chi connectivity index (χ0n) is 14.3. The summed E-state index contributed by atoms with van der Waals surface area (Å²) in [5.41, 5.74) is 3.28. The normalized spacial score (nSPS) is 11.4. The van der Waals surface area contributed by atoms with Crippen molar-refractivity contribution in [2.24, 2.45) is 0 Å². The Morgan fingerprint density at radius 2 is 1.12 bits per heavy atom. The average molecular weight is 470 g/mol. The van der Waals surface area contributed by atoms with E-state index in [1.54, 1.807) is 13.8 Å². The Morgan fingerprint density at radius 3 is 1.36 bits per heavy atom. The Labute approximate surface area is 163 Å². The first-order valence-electron chi connectivity index (χ1n) is 7.54. The van der Waals surface area contributed by atoms with Gasteiger partial charge in [0.05, 0.1) is 11.1 Å². The lowest BCUT2D eigenvalue weighted by Gasteiger charge is -2.28. The second-order valence-electron chi connectivity index (χ2n) is 6.54. The van der Waals surface area contributed by atoms with Crippen LogP contribution in [0.15, 0.2) is 33.2 Å². The second kappa shape index (κ2) is 6.92. The first kappa shape index (κ1) is 19.7. The number of carboxylic acids is 2. The predicted molar refractivity (Wildman–Crippen MR) is 104 cm³/mol. The van der Waals surface area contributed by atoms with Gasteiger partial charge in [0.25, 0.3) is 0 Å². The van der Waals surface area contributed by atoms with E-state index in [1.165, 1.54) is 0 Å². The molecule has 0 aromatic heterocycles. The van der Waals surface area contributed by atoms with Gasteiger partial charge in [-0.05, 0) is 80.1 Å². The van der Waals surface area contributed by atoms with Gasteiger partial charge in [0.15, 0.2) is 0 Å². The zero-order valence-corrected chi connectivity index (χ0v) is 17.4. The summed E-state index contributed by atoms with van der Waals surface area (Å²) in [6, 6.07) is 7.35. The summed E-state index contributed by atoms with van der Waals surface area (Å²) in [5.74, 6) is -1.95. The average Bonchev–Trinajstić information content (AvgIpc) is 2.44. The first-order chi connectivity index (χ1) is 11.5. The molecule has 2 aromatic rings. The first-order valence-corrected chi connectivity index (χ1v) is 9.13. The van der Waals surface area contributed by atoms with Gasteiger partial charge in [-0.1, -0.05) is 26.0 Å². The van der Waals surface area contributed by atoms with Gasteiger partial charge in [-0.3, -0.25) is 0 Å². The van der Waals surface area contributed by atoms with Gasteiger partial charge in [0.2, 0.25) is 0 Å². The number of carbonyl (C=O) groups is 2. The summed E-state index contributed by atoms with van der Waals surface area (Å²) in [5, 5.41) is 18.6. The highest BCUT2D eigenvalue weighted by Crippen LogP contribution is 2.37. The lowest BCUT2D eigenvalue weighted by molar-refractivity contribution is 0.0684. The smallest absolute Gasteiger partial charge is 0.337 e. The molecule has 0 heterocycles. The molecular weight excluding hydrogens is 452 g/mol. The molecule has 2 N–H and O–H groups in total. The molecule has 0 aliphatic rings. The van der Waals surface area contributed by atoms with Crippen LogP contribution in [0.5, 0.6) is 0 Å². The third kappa shape index (κ3) is 3.65. The summed E-state index contributed by atoms with van der Waals surface area (Å²) in [7, 11) is 0. The van der Waals surface area contributed by atoms with Crippen LogP contribution in [0.2, 0.25) is 0 Å². The Balaban J connectivity index is 2.64. The molecule has 0 radical (unpaired) electrons. The molecule has 0 fully saturated rings. The number of benzene rings is 2. The van der Waals surface area contributed by atoms with Crippen LogP contribution in [0.3, 0.4) is 0 Å². The molecule has 0 bridgehead atoms. The third-order valence-corrected chi connectivity index (χ3v) is 5.70. The maximum Gasteiger partial charge on any atom is 0.337 e. The van der Waals surface area contributed by atoms with Crippen molar-refractivity contribution in [1.29, 1.82) is 0 Å². The van der Waals surface area contributed by atoms with E-state index in [2.05, 4.69) is 31.9 Å². The van der Waals surface area contributed by atoms with E-state index in [9.17, 15) is 19.8 Å². The summed E-state index contributed by atoms with van der Waals surface area (Å²) >= 11 is 6.71. The highest BCUT2D eigenvalue weighted by Gasteiger charge is 2.27. The van der Waals surface area contributed by atoms with Gasteiger partial charge in [-0.25, -0.2) is 9.59 Å². The monoisotopic (exact) mass is 468 g/mol. The van der Waals surface area contributed by atoms with Crippen LogP contribution >= 0.6 is 31.9 Å². The van der Waals surface area contributed by atoms with Gasteiger partial charge < -0.3 is 10.2 Å². The van der Waals surface area contributed by atoms with E-state index in [1.807, 2.05) is 38.1 Å². The summed E-state index contributed by atoms with van der Waals surface area (Å²) < 4.78 is 1.06. The summed E-state index contributed by atoms with van der Waals surface area (Å²) in [6.07, 6.45) is 0. The Hall–Kier alpha value is -1.66. The third-order valence-electron chi connectivity index (χ3n) is 4.45. The zero-order chi connectivity index (χ0) is 19.1. The fraction of sp³-hybridized carbons (Fsp3) is 0.263. The molecule has 4 nitrogen and oxygen atoms in total. The summed E-state index contributed by atoms with van der Waals surface area (Å²) in [4.78, 5) is 22.7. The van der Waals surface area contributed by atoms with Crippen molar-refractivity contribution in [3.63, 3.8) is 0 Å². The minimum Gasteiger partial charge on any atom is -0.478 e. The van der Waals surface area contributed by atoms with Crippen LogP contribution < -0.4 is 0 Å². The SMILES string of the molecule is Cc1cc(C(C)(C)c2cc(C)c(C(=O)O)c(Br)c2)cc(Br)c1C(=O)O. The minimum absolute atomic E-state index is 0.248. The number of hydrogen-bond acceptors (Lipinski definition) is 2. The van der Waals surface area contributed by atoms with E-state index < -0.39 is 17.4 Å². The molecule has 0 aliphatic heterocycles. The molecule has 0 saturated heterocycles. The Kier molecular flexibility index (Phi) is 5.44. The van der Waals surface area contributed by atoms with Gasteiger partial charge in [0, 0.05) is 14.4 Å². The Bertz CT molecular complexity index is 767. The van der Waals surface area contributed by atoms with E-state index in [-0.39, 0.29) is 11.1 Å². The fourth-order valence-electron chi connectivity index (χ4n) is 2.92. The highest BCUT2D eigenvalue weighted by molar-refractivity contribution is 9.10. The maximum absolute atomic E-state index is 11.4. The highest BCUT2D eigenvalue weighted by atomic mass is 79.9. The number of carboxylic acid groups (broad SMARTS) is 2. The molecule has 0 aliphatic carbocycles. The molecular formula is C19H18Br2O4. The lowest BCUT2D eigenvalue weighted by Crippen LogP contribution is -2.21. The van der Waals surface area contributed by atoms with Gasteiger partial charge in [-0.2, -0.15) is 0 Å². The maximum atomic E-state index is 11.4. The van der Waals surface area contributed by atoms with E-state index in [0.717, 1.165) is 11.1 Å². The molecule has 0 amide bonds. The molecule has 2 aromatic carbocycles. The number of hydrogen-bond donors (Lipinski definition) is 2. The van der Waals surface area contributed by atoms with Crippen molar-refractivity contribution in [2.75, 3.05) is 0 Å². The van der Waals surface area contributed by atoms with Crippen molar-refractivity contribution >= 4 is 43.8 Å². The van der Waals surface area contributed by atoms with Crippen molar-refractivity contribution in [2.45, 2.75) is 33.1 Å². The number of aryl methyl sites for hydroxylation is 2. The Morgan fingerprint density at radius 1 is 0.800 bits per heavy atom. The van der Waals surface area contributed by atoms with Gasteiger partial charge in [0.1, 0.15) is 0 Å².